The Morgan fingerprint density at radius 2 is 1.00 bits per heavy atom. The molecule has 0 aromatic heterocycles. The summed E-state index contributed by atoms with van der Waals surface area (Å²) in [6.45, 7) is 5.09. The molecule has 0 saturated heterocycles. The zero-order valence-corrected chi connectivity index (χ0v) is 26.4. The van der Waals surface area contributed by atoms with E-state index in [1.807, 2.05) is 0 Å². The zero-order chi connectivity index (χ0) is 28.5. The van der Waals surface area contributed by atoms with Gasteiger partial charge in [-0.1, -0.05) is 141 Å². The van der Waals surface area contributed by atoms with Crippen molar-refractivity contribution in [1.29, 1.82) is 0 Å². The van der Waals surface area contributed by atoms with Crippen LogP contribution in [0.25, 0.3) is 0 Å². The second kappa shape index (κ2) is 33.1. The van der Waals surface area contributed by atoms with Gasteiger partial charge in [-0.2, -0.15) is 0 Å². The number of carbonyl (C=O) groups excluding carboxylic acids is 1. The Morgan fingerprint density at radius 3 is 1.56 bits per heavy atom. The molecule has 230 valence electrons. The van der Waals surface area contributed by atoms with E-state index in [1.165, 1.54) is 122 Å². The molecule has 0 radical (unpaired) electrons. The van der Waals surface area contributed by atoms with Crippen LogP contribution >= 0.6 is 0 Å². The van der Waals surface area contributed by atoms with Crippen LogP contribution in [0.4, 0.5) is 0 Å². The van der Waals surface area contributed by atoms with E-state index in [0.29, 0.717) is 13.0 Å². The average molecular weight is 549 g/mol. The van der Waals surface area contributed by atoms with Gasteiger partial charge in [0.05, 0.1) is 12.7 Å². The Bertz CT molecular complexity index is 539. The molecule has 1 N–H and O–H groups in total. The lowest BCUT2D eigenvalue weighted by atomic mass is 10.1. The van der Waals surface area contributed by atoms with E-state index in [4.69, 9.17) is 4.74 Å². The summed E-state index contributed by atoms with van der Waals surface area (Å²) in [6, 6.07) is 0. The predicted octanol–water partition coefficient (Wildman–Crippen LogP) is 11.6. The number of carbonyl (C=O) groups is 1. The molecule has 0 spiro atoms. The van der Waals surface area contributed by atoms with Gasteiger partial charge in [0.15, 0.2) is 0 Å². The van der Waals surface area contributed by atoms with E-state index in [1.54, 1.807) is 0 Å². The first-order valence-corrected chi connectivity index (χ1v) is 17.3. The lowest BCUT2D eigenvalue weighted by Crippen LogP contribution is -2.05. The summed E-state index contributed by atoms with van der Waals surface area (Å²) in [5.74, 6) is -0.0149. The first-order valence-electron chi connectivity index (χ1n) is 17.3. The minimum atomic E-state index is -0.167. The topological polar surface area (TPSA) is 46.5 Å². The molecular weight excluding hydrogens is 480 g/mol. The fourth-order valence-electron chi connectivity index (χ4n) is 4.97. The number of esters is 1. The lowest BCUT2D eigenvalue weighted by molar-refractivity contribution is -0.143. The van der Waals surface area contributed by atoms with Crippen LogP contribution in [0, 0.1) is 0 Å². The Labute approximate surface area is 244 Å². The van der Waals surface area contributed by atoms with E-state index in [0.717, 1.165) is 44.9 Å². The molecule has 1 atom stereocenters. The van der Waals surface area contributed by atoms with Crippen molar-refractivity contribution >= 4 is 5.97 Å². The highest BCUT2D eigenvalue weighted by Crippen LogP contribution is 2.12. The maximum Gasteiger partial charge on any atom is 0.305 e. The molecule has 0 saturated carbocycles. The van der Waals surface area contributed by atoms with E-state index in [2.05, 4.69) is 38.2 Å². The van der Waals surface area contributed by atoms with Gasteiger partial charge >= 0.3 is 5.97 Å². The lowest BCUT2D eigenvalue weighted by Gasteiger charge is -2.07. The van der Waals surface area contributed by atoms with Crippen LogP contribution < -0.4 is 0 Å². The number of allylic oxidation sites excluding steroid dienone is 3. The van der Waals surface area contributed by atoms with Crippen molar-refractivity contribution in [2.75, 3.05) is 6.61 Å². The summed E-state index contributed by atoms with van der Waals surface area (Å²) in [6.07, 6.45) is 41.1. The Kier molecular flexibility index (Phi) is 32.2. The van der Waals surface area contributed by atoms with E-state index in [-0.39, 0.29) is 12.1 Å². The molecule has 0 bridgehead atoms. The van der Waals surface area contributed by atoms with Crippen LogP contribution in [-0.2, 0) is 9.53 Å². The Morgan fingerprint density at radius 1 is 0.564 bits per heavy atom. The molecule has 0 aromatic carbocycles. The highest BCUT2D eigenvalue weighted by Gasteiger charge is 2.03. The normalized spacial score (nSPS) is 12.6. The number of aliphatic hydroxyl groups excluding tert-OH is 1. The molecule has 3 nitrogen and oxygen atoms in total. The van der Waals surface area contributed by atoms with E-state index < -0.39 is 0 Å². The average Bonchev–Trinajstić information content (AvgIpc) is 2.93. The smallest absolute Gasteiger partial charge is 0.305 e. The largest absolute Gasteiger partial charge is 0.466 e. The molecule has 0 rings (SSSR count). The molecule has 0 unspecified atom stereocenters. The van der Waals surface area contributed by atoms with Gasteiger partial charge < -0.3 is 9.84 Å². The second-order valence-corrected chi connectivity index (χ2v) is 11.7. The van der Waals surface area contributed by atoms with Gasteiger partial charge in [0.25, 0.3) is 0 Å². The minimum Gasteiger partial charge on any atom is -0.466 e. The molecule has 0 aromatic rings. The van der Waals surface area contributed by atoms with Crippen LogP contribution in [0.3, 0.4) is 0 Å². The van der Waals surface area contributed by atoms with Crippen molar-refractivity contribution in [1.82, 2.24) is 0 Å². The fourth-order valence-corrected chi connectivity index (χ4v) is 4.97. The van der Waals surface area contributed by atoms with Gasteiger partial charge in [0.1, 0.15) is 0 Å². The van der Waals surface area contributed by atoms with Crippen LogP contribution in [-0.4, -0.2) is 23.8 Å². The molecule has 0 fully saturated rings. The maximum absolute atomic E-state index is 11.9. The maximum atomic E-state index is 11.9. The van der Waals surface area contributed by atoms with Crippen molar-refractivity contribution in [2.45, 2.75) is 193 Å². The number of aliphatic hydroxyl groups is 1. The van der Waals surface area contributed by atoms with Gasteiger partial charge in [-0.25, -0.2) is 0 Å². The first-order chi connectivity index (χ1) is 19.2. The molecule has 0 amide bonds. The van der Waals surface area contributed by atoms with Gasteiger partial charge in [-0.05, 0) is 64.2 Å². The molecule has 39 heavy (non-hydrogen) atoms. The van der Waals surface area contributed by atoms with E-state index in [9.17, 15) is 9.90 Å². The minimum absolute atomic E-state index is 0.0149. The Hall–Kier alpha value is -1.09. The summed E-state index contributed by atoms with van der Waals surface area (Å²) >= 11 is 0. The second-order valence-electron chi connectivity index (χ2n) is 11.7. The van der Waals surface area contributed by atoms with Crippen LogP contribution in [0.2, 0.25) is 0 Å². The van der Waals surface area contributed by atoms with E-state index >= 15 is 0 Å². The SMILES string of the molecule is CCCCCCCC/C=C\CCCCCCCCOC(=O)CCCCCCC/C=C/C[C@H](O)CCCCCC. The summed E-state index contributed by atoms with van der Waals surface area (Å²) in [5, 5.41) is 9.98. The van der Waals surface area contributed by atoms with Crippen molar-refractivity contribution < 1.29 is 14.6 Å². The number of hydrogen-bond acceptors (Lipinski definition) is 3. The highest BCUT2D eigenvalue weighted by molar-refractivity contribution is 5.69. The van der Waals surface area contributed by atoms with Gasteiger partial charge in [0.2, 0.25) is 0 Å². The van der Waals surface area contributed by atoms with Crippen LogP contribution in [0.1, 0.15) is 187 Å². The zero-order valence-electron chi connectivity index (χ0n) is 26.4. The number of rotatable bonds is 31. The molecule has 0 heterocycles. The van der Waals surface area contributed by atoms with Gasteiger partial charge in [-0.3, -0.25) is 4.79 Å². The summed E-state index contributed by atoms with van der Waals surface area (Å²) < 4.78 is 5.41. The van der Waals surface area contributed by atoms with Gasteiger partial charge in [0, 0.05) is 6.42 Å². The quantitative estimate of drug-likeness (QED) is 0.0532. The van der Waals surface area contributed by atoms with Crippen molar-refractivity contribution in [3.8, 4) is 0 Å². The fraction of sp³-hybridized carbons (Fsp3) is 0.861. The predicted molar refractivity (Wildman–Crippen MR) is 171 cm³/mol. The summed E-state index contributed by atoms with van der Waals surface area (Å²) in [4.78, 5) is 11.9. The molecule has 0 aliphatic carbocycles. The summed E-state index contributed by atoms with van der Waals surface area (Å²) in [7, 11) is 0. The first kappa shape index (κ1) is 37.9. The third-order valence-corrected chi connectivity index (χ3v) is 7.64. The standard InChI is InChI=1S/C36H68O3/c1-3-5-7-9-10-11-12-13-14-15-16-17-20-23-26-30-34-39-36(38)33-29-25-22-19-18-21-24-28-32-35(37)31-27-8-6-4-2/h13-14,24,28,35,37H,3-12,15-23,25-27,29-34H2,1-2H3/b14-13-,28-24+/t35-/m1/s1. The molecule has 0 aliphatic heterocycles. The highest BCUT2D eigenvalue weighted by atomic mass is 16.5. The monoisotopic (exact) mass is 549 g/mol. The van der Waals surface area contributed by atoms with Crippen molar-refractivity contribution in [3.63, 3.8) is 0 Å². The molecule has 0 aliphatic rings. The van der Waals surface area contributed by atoms with Gasteiger partial charge in [-0.15, -0.1) is 0 Å². The van der Waals surface area contributed by atoms with Crippen molar-refractivity contribution in [2.24, 2.45) is 0 Å². The third-order valence-electron chi connectivity index (χ3n) is 7.64. The number of ether oxygens (including phenoxy) is 1. The summed E-state index contributed by atoms with van der Waals surface area (Å²) in [5.41, 5.74) is 0. The number of hydrogen-bond donors (Lipinski definition) is 1. The third kappa shape index (κ3) is 33.0. The molecular formula is C36H68O3. The van der Waals surface area contributed by atoms with Crippen LogP contribution in [0.5, 0.6) is 0 Å². The van der Waals surface area contributed by atoms with Crippen molar-refractivity contribution in [3.05, 3.63) is 24.3 Å². The van der Waals surface area contributed by atoms with Crippen LogP contribution in [0.15, 0.2) is 24.3 Å². The molecule has 3 heteroatoms. The Balaban J connectivity index is 3.29. The number of unbranched alkanes of at least 4 members (excludes halogenated alkanes) is 20.